The van der Waals surface area contributed by atoms with Gasteiger partial charge in [-0.15, -0.1) is 0 Å². The Morgan fingerprint density at radius 1 is 1.03 bits per heavy atom. The van der Waals surface area contributed by atoms with E-state index in [0.29, 0.717) is 29.6 Å². The van der Waals surface area contributed by atoms with Crippen LogP contribution >= 0.6 is 0 Å². The minimum Gasteiger partial charge on any atom is -0.493 e. The number of rotatable bonds is 10. The molecule has 0 atom stereocenters. The highest BCUT2D eigenvalue weighted by molar-refractivity contribution is 7.89. The molecule has 9 heteroatoms. The first-order valence-corrected chi connectivity index (χ1v) is 12.5. The smallest absolute Gasteiger partial charge is 0.260 e. The van der Waals surface area contributed by atoms with Gasteiger partial charge in [0.1, 0.15) is 5.75 Å². The number of amides is 1. The molecule has 0 aromatic heterocycles. The van der Waals surface area contributed by atoms with E-state index in [2.05, 4.69) is 11.6 Å². The number of methoxy groups -OCH3 is 2. The molecular weight excluding hydrogens is 444 g/mol. The normalized spacial score (nSPS) is 14.7. The molecule has 0 radical (unpaired) electrons. The number of carbonyl (C=O) groups excluding carboxylic acids is 1. The van der Waals surface area contributed by atoms with Crippen LogP contribution in [0.1, 0.15) is 25.3 Å². The molecule has 0 spiro atoms. The summed E-state index contributed by atoms with van der Waals surface area (Å²) in [6.45, 7) is 3.90. The summed E-state index contributed by atoms with van der Waals surface area (Å²) in [5.74, 6) is 2.28. The Labute approximate surface area is 195 Å². The van der Waals surface area contributed by atoms with Crippen molar-refractivity contribution in [3.05, 3.63) is 48.0 Å². The molecule has 2 aromatic carbocycles. The van der Waals surface area contributed by atoms with Crippen molar-refractivity contribution in [1.82, 2.24) is 9.62 Å². The molecule has 2 aromatic rings. The number of carbonyl (C=O) groups is 1. The Morgan fingerprint density at radius 2 is 1.70 bits per heavy atom. The second-order valence-electron chi connectivity index (χ2n) is 8.16. The Balaban J connectivity index is 1.49. The zero-order chi connectivity index (χ0) is 23.8. The van der Waals surface area contributed by atoms with E-state index in [4.69, 9.17) is 14.2 Å². The van der Waals surface area contributed by atoms with E-state index in [9.17, 15) is 13.2 Å². The van der Waals surface area contributed by atoms with Crippen molar-refractivity contribution >= 4 is 15.9 Å². The largest absolute Gasteiger partial charge is 0.493 e. The molecule has 3 rings (SSSR count). The molecule has 1 aliphatic rings. The fourth-order valence-corrected chi connectivity index (χ4v) is 4.69. The standard InChI is InChI=1S/C24H32N2O6S/c1-18-11-14-26(15-12-18)24(27)17-32-20-5-7-21(8-6-20)33(28,29)25-13-10-19-4-9-22(30-2)23(16-19)31-3/h4-9,16,18,25H,10-15,17H2,1-3H3. The number of benzene rings is 2. The van der Waals surface area contributed by atoms with Crippen LogP contribution in [-0.2, 0) is 21.2 Å². The summed E-state index contributed by atoms with van der Waals surface area (Å²) in [5.41, 5.74) is 0.923. The van der Waals surface area contributed by atoms with Crippen molar-refractivity contribution in [3.63, 3.8) is 0 Å². The number of hydrogen-bond donors (Lipinski definition) is 1. The summed E-state index contributed by atoms with van der Waals surface area (Å²) in [4.78, 5) is 14.3. The minimum atomic E-state index is -3.67. The van der Waals surface area contributed by atoms with Crippen LogP contribution in [0.4, 0.5) is 0 Å². The third kappa shape index (κ3) is 6.85. The lowest BCUT2D eigenvalue weighted by Crippen LogP contribution is -2.40. The second-order valence-corrected chi connectivity index (χ2v) is 9.93. The van der Waals surface area contributed by atoms with Gasteiger partial charge < -0.3 is 19.1 Å². The molecule has 1 saturated heterocycles. The molecule has 0 aliphatic carbocycles. The van der Waals surface area contributed by atoms with Gasteiger partial charge in [0.05, 0.1) is 19.1 Å². The molecule has 1 amide bonds. The first-order chi connectivity index (χ1) is 15.8. The van der Waals surface area contributed by atoms with Crippen LogP contribution < -0.4 is 18.9 Å². The average Bonchev–Trinajstić information content (AvgIpc) is 2.83. The first-order valence-electron chi connectivity index (χ1n) is 11.0. The van der Waals surface area contributed by atoms with Gasteiger partial charge >= 0.3 is 0 Å². The predicted molar refractivity (Wildman–Crippen MR) is 125 cm³/mol. The van der Waals surface area contributed by atoms with Gasteiger partial charge in [0, 0.05) is 19.6 Å². The maximum absolute atomic E-state index is 12.6. The Hall–Kier alpha value is -2.78. The zero-order valence-corrected chi connectivity index (χ0v) is 20.2. The van der Waals surface area contributed by atoms with E-state index in [0.717, 1.165) is 31.5 Å². The summed E-state index contributed by atoms with van der Waals surface area (Å²) < 4.78 is 43.9. The highest BCUT2D eigenvalue weighted by Gasteiger charge is 2.20. The summed E-state index contributed by atoms with van der Waals surface area (Å²) in [6.07, 6.45) is 2.52. The van der Waals surface area contributed by atoms with E-state index in [1.807, 2.05) is 17.0 Å². The fraction of sp³-hybridized carbons (Fsp3) is 0.458. The van der Waals surface area contributed by atoms with Gasteiger partial charge in [-0.05, 0) is 67.1 Å². The highest BCUT2D eigenvalue weighted by atomic mass is 32.2. The number of piperidine rings is 1. The lowest BCUT2D eigenvalue weighted by molar-refractivity contribution is -0.134. The van der Waals surface area contributed by atoms with Crippen LogP contribution in [0, 0.1) is 5.92 Å². The SMILES string of the molecule is COc1ccc(CCNS(=O)(=O)c2ccc(OCC(=O)N3CCC(C)CC3)cc2)cc1OC. The van der Waals surface area contributed by atoms with Crippen molar-refractivity contribution in [2.45, 2.75) is 31.1 Å². The van der Waals surface area contributed by atoms with Crippen molar-refractivity contribution in [2.75, 3.05) is 40.5 Å². The number of likely N-dealkylation sites (tertiary alicyclic amines) is 1. The Morgan fingerprint density at radius 3 is 2.33 bits per heavy atom. The molecule has 1 aliphatic heterocycles. The summed E-state index contributed by atoms with van der Waals surface area (Å²) in [6, 6.07) is 11.6. The molecule has 0 bridgehead atoms. The molecule has 180 valence electrons. The van der Waals surface area contributed by atoms with Crippen molar-refractivity contribution < 1.29 is 27.4 Å². The summed E-state index contributed by atoms with van der Waals surface area (Å²) >= 11 is 0. The lowest BCUT2D eigenvalue weighted by atomic mass is 9.99. The van der Waals surface area contributed by atoms with Crippen LogP contribution in [0.2, 0.25) is 0 Å². The van der Waals surface area contributed by atoms with Gasteiger partial charge in [0.25, 0.3) is 5.91 Å². The number of ether oxygens (including phenoxy) is 3. The molecule has 1 fully saturated rings. The molecule has 0 unspecified atom stereocenters. The maximum Gasteiger partial charge on any atom is 0.260 e. The zero-order valence-electron chi connectivity index (χ0n) is 19.4. The van der Waals surface area contributed by atoms with E-state index in [1.165, 1.54) is 12.1 Å². The average molecular weight is 477 g/mol. The summed E-state index contributed by atoms with van der Waals surface area (Å²) in [7, 11) is -0.544. The number of nitrogens with zero attached hydrogens (tertiary/aromatic N) is 1. The Bertz CT molecular complexity index is 1030. The first kappa shape index (κ1) is 24.9. The van der Waals surface area contributed by atoms with Gasteiger partial charge in [-0.1, -0.05) is 13.0 Å². The van der Waals surface area contributed by atoms with Gasteiger partial charge in [-0.3, -0.25) is 4.79 Å². The third-order valence-electron chi connectivity index (χ3n) is 5.79. The Kier molecular flexibility index (Phi) is 8.57. The van der Waals surface area contributed by atoms with Crippen molar-refractivity contribution in [2.24, 2.45) is 5.92 Å². The van der Waals surface area contributed by atoms with Crippen LogP contribution in [0.15, 0.2) is 47.4 Å². The topological polar surface area (TPSA) is 94.2 Å². The monoisotopic (exact) mass is 476 g/mol. The van der Waals surface area contributed by atoms with Crippen LogP contribution in [0.5, 0.6) is 17.2 Å². The maximum atomic E-state index is 12.6. The van der Waals surface area contributed by atoms with Crippen molar-refractivity contribution in [1.29, 1.82) is 0 Å². The van der Waals surface area contributed by atoms with Crippen LogP contribution in [0.25, 0.3) is 0 Å². The predicted octanol–water partition coefficient (Wildman–Crippen LogP) is 2.86. The van der Waals surface area contributed by atoms with E-state index < -0.39 is 10.0 Å². The fourth-order valence-electron chi connectivity index (χ4n) is 3.66. The number of sulfonamides is 1. The molecule has 8 nitrogen and oxygen atoms in total. The third-order valence-corrected chi connectivity index (χ3v) is 7.26. The van der Waals surface area contributed by atoms with Gasteiger partial charge in [-0.25, -0.2) is 13.1 Å². The molecule has 33 heavy (non-hydrogen) atoms. The molecule has 1 heterocycles. The number of hydrogen-bond acceptors (Lipinski definition) is 6. The molecule has 0 saturated carbocycles. The van der Waals surface area contributed by atoms with Gasteiger partial charge in [0.15, 0.2) is 18.1 Å². The number of nitrogens with one attached hydrogen (secondary N) is 1. The second kappa shape index (κ2) is 11.4. The summed E-state index contributed by atoms with van der Waals surface area (Å²) in [5, 5.41) is 0. The van der Waals surface area contributed by atoms with Gasteiger partial charge in [0.2, 0.25) is 10.0 Å². The van der Waals surface area contributed by atoms with Crippen LogP contribution in [0.3, 0.4) is 0 Å². The van der Waals surface area contributed by atoms with Crippen LogP contribution in [-0.4, -0.2) is 59.7 Å². The van der Waals surface area contributed by atoms with E-state index in [1.54, 1.807) is 32.4 Å². The molecular formula is C24H32N2O6S. The van der Waals surface area contributed by atoms with E-state index >= 15 is 0 Å². The van der Waals surface area contributed by atoms with E-state index in [-0.39, 0.29) is 24.0 Å². The van der Waals surface area contributed by atoms with Crippen molar-refractivity contribution in [3.8, 4) is 17.2 Å². The highest BCUT2D eigenvalue weighted by Crippen LogP contribution is 2.27. The molecule has 1 N–H and O–H groups in total. The minimum absolute atomic E-state index is 0.0459. The lowest BCUT2D eigenvalue weighted by Gasteiger charge is -2.30. The quantitative estimate of drug-likeness (QED) is 0.567. The van der Waals surface area contributed by atoms with Gasteiger partial charge in [-0.2, -0.15) is 0 Å².